The van der Waals surface area contributed by atoms with Crippen molar-refractivity contribution in [2.45, 2.75) is 12.5 Å². The maximum absolute atomic E-state index is 12.2. The van der Waals surface area contributed by atoms with Gasteiger partial charge in [0.15, 0.2) is 0 Å². The molecule has 0 aromatic carbocycles. The van der Waals surface area contributed by atoms with E-state index < -0.39 is 11.6 Å². The van der Waals surface area contributed by atoms with Crippen molar-refractivity contribution in [2.75, 3.05) is 38.7 Å². The van der Waals surface area contributed by atoms with E-state index in [0.717, 1.165) is 5.82 Å². The maximum atomic E-state index is 12.2. The highest BCUT2D eigenvalue weighted by atomic mass is 16.5. The topological polar surface area (TPSA) is 83.0 Å². The van der Waals surface area contributed by atoms with Crippen molar-refractivity contribution in [3.8, 4) is 0 Å². The number of carbonyl (C=O) groups excluding carboxylic acids is 1. The van der Waals surface area contributed by atoms with Crippen LogP contribution in [0.2, 0.25) is 0 Å². The van der Waals surface area contributed by atoms with Crippen LogP contribution >= 0.6 is 0 Å². The van der Waals surface area contributed by atoms with Crippen molar-refractivity contribution < 1.29 is 19.4 Å². The van der Waals surface area contributed by atoms with Crippen LogP contribution in [0, 0.1) is 0 Å². The summed E-state index contributed by atoms with van der Waals surface area (Å²) in [7, 11) is 3.76. The van der Waals surface area contributed by atoms with E-state index in [9.17, 15) is 9.59 Å². The molecule has 1 aromatic heterocycles. The van der Waals surface area contributed by atoms with Gasteiger partial charge in [0.25, 0.3) is 5.91 Å². The van der Waals surface area contributed by atoms with Crippen LogP contribution in [-0.4, -0.2) is 66.3 Å². The minimum Gasteiger partial charge on any atom is -0.480 e. The van der Waals surface area contributed by atoms with Crippen LogP contribution in [0.1, 0.15) is 17.3 Å². The van der Waals surface area contributed by atoms with E-state index in [-0.39, 0.29) is 12.5 Å². The second-order valence-corrected chi connectivity index (χ2v) is 5.59. The molecule has 7 heteroatoms. The minimum atomic E-state index is -1.01. The molecule has 0 saturated carbocycles. The Labute approximate surface area is 123 Å². The van der Waals surface area contributed by atoms with Gasteiger partial charge in [-0.05, 0) is 19.1 Å². The third-order valence-corrected chi connectivity index (χ3v) is 3.33. The van der Waals surface area contributed by atoms with Gasteiger partial charge in [-0.15, -0.1) is 0 Å². The molecule has 0 atom stereocenters. The second kappa shape index (κ2) is 5.69. The van der Waals surface area contributed by atoms with Crippen molar-refractivity contribution in [3.63, 3.8) is 0 Å². The van der Waals surface area contributed by atoms with E-state index in [1.165, 1.54) is 0 Å². The zero-order valence-corrected chi connectivity index (χ0v) is 12.4. The first-order chi connectivity index (χ1) is 9.81. The Kier molecular flexibility index (Phi) is 4.13. The third kappa shape index (κ3) is 3.49. The number of nitrogens with zero attached hydrogens (tertiary/aromatic N) is 3. The molecule has 1 amide bonds. The molecule has 0 bridgehead atoms. The molecule has 1 aromatic rings. The number of ether oxygens (including phenoxy) is 1. The van der Waals surface area contributed by atoms with Gasteiger partial charge in [0.1, 0.15) is 18.0 Å². The number of hydrogen-bond donors (Lipinski definition) is 1. The fourth-order valence-corrected chi connectivity index (χ4v) is 2.19. The first-order valence-electron chi connectivity index (χ1n) is 6.59. The Morgan fingerprint density at radius 1 is 1.43 bits per heavy atom. The lowest BCUT2D eigenvalue weighted by molar-refractivity contribution is -0.159. The average molecular weight is 293 g/mol. The lowest BCUT2D eigenvalue weighted by Crippen LogP contribution is -2.63. The zero-order chi connectivity index (χ0) is 15.6. The molecule has 114 valence electrons. The van der Waals surface area contributed by atoms with E-state index in [0.29, 0.717) is 18.7 Å². The number of amides is 1. The smallest absolute Gasteiger partial charge is 0.329 e. The lowest BCUT2D eigenvalue weighted by Gasteiger charge is -2.47. The van der Waals surface area contributed by atoms with Gasteiger partial charge in [-0.1, -0.05) is 0 Å². The first-order valence-corrected chi connectivity index (χ1v) is 6.59. The van der Waals surface area contributed by atoms with Crippen LogP contribution in [0.3, 0.4) is 0 Å². The Hall–Kier alpha value is -2.15. The minimum absolute atomic E-state index is 0.121. The molecule has 2 heterocycles. The molecule has 0 radical (unpaired) electrons. The van der Waals surface area contributed by atoms with Crippen molar-refractivity contribution in [2.24, 2.45) is 0 Å². The van der Waals surface area contributed by atoms with Crippen LogP contribution in [0.15, 0.2) is 18.3 Å². The summed E-state index contributed by atoms with van der Waals surface area (Å²) in [6.07, 6.45) is 1.55. The number of carboxylic acid groups (broad SMARTS) is 1. The van der Waals surface area contributed by atoms with E-state index in [4.69, 9.17) is 9.84 Å². The largest absolute Gasteiger partial charge is 0.480 e. The number of carbonyl (C=O) groups is 2. The lowest BCUT2D eigenvalue weighted by atomic mass is 9.95. The highest BCUT2D eigenvalue weighted by Gasteiger charge is 2.43. The second-order valence-electron chi connectivity index (χ2n) is 5.59. The van der Waals surface area contributed by atoms with Crippen LogP contribution < -0.4 is 4.90 Å². The highest BCUT2D eigenvalue weighted by Crippen LogP contribution is 2.26. The summed E-state index contributed by atoms with van der Waals surface area (Å²) >= 11 is 0. The van der Waals surface area contributed by atoms with E-state index in [1.54, 1.807) is 30.2 Å². The predicted molar refractivity (Wildman–Crippen MR) is 76.5 cm³/mol. The average Bonchev–Trinajstić information content (AvgIpc) is 2.41. The molecule has 1 N–H and O–H groups in total. The van der Waals surface area contributed by atoms with E-state index >= 15 is 0 Å². The van der Waals surface area contributed by atoms with E-state index in [1.807, 2.05) is 19.0 Å². The molecule has 2 rings (SSSR count). The van der Waals surface area contributed by atoms with Gasteiger partial charge in [0.05, 0.1) is 18.7 Å². The molecule has 7 nitrogen and oxygen atoms in total. The van der Waals surface area contributed by atoms with Gasteiger partial charge >= 0.3 is 5.97 Å². The molecule has 1 aliphatic heterocycles. The van der Waals surface area contributed by atoms with Crippen LogP contribution in [0.25, 0.3) is 0 Å². The molecule has 0 aliphatic carbocycles. The van der Waals surface area contributed by atoms with Crippen LogP contribution in [0.5, 0.6) is 0 Å². The van der Waals surface area contributed by atoms with Crippen LogP contribution in [0.4, 0.5) is 5.82 Å². The first kappa shape index (κ1) is 15.2. The molecule has 1 fully saturated rings. The summed E-state index contributed by atoms with van der Waals surface area (Å²) < 4.78 is 5.28. The normalized spacial score (nSPS) is 16.2. The molecule has 0 spiro atoms. The molecule has 0 unspecified atom stereocenters. The standard InChI is InChI=1S/C14H19N3O4/c1-14(21-7-12(18)19)8-17(9-14)13(20)10-4-5-11(15-6-10)16(2)3/h4-6H,7-9H2,1-3H3,(H,18,19). The van der Waals surface area contributed by atoms with Gasteiger partial charge in [-0.2, -0.15) is 0 Å². The molecule has 1 saturated heterocycles. The summed E-state index contributed by atoms with van der Waals surface area (Å²) in [5.41, 5.74) is -0.0636. The number of likely N-dealkylation sites (tertiary alicyclic amines) is 1. The molecule has 21 heavy (non-hydrogen) atoms. The third-order valence-electron chi connectivity index (χ3n) is 3.33. The predicted octanol–water partition coefficient (Wildman–Crippen LogP) is 0.463. The number of hydrogen-bond acceptors (Lipinski definition) is 5. The van der Waals surface area contributed by atoms with Crippen molar-refractivity contribution >= 4 is 17.7 Å². The Balaban J connectivity index is 1.92. The van der Waals surface area contributed by atoms with E-state index in [2.05, 4.69) is 4.98 Å². The van der Waals surface area contributed by atoms with Crippen molar-refractivity contribution in [1.82, 2.24) is 9.88 Å². The fourth-order valence-electron chi connectivity index (χ4n) is 2.19. The van der Waals surface area contributed by atoms with Crippen molar-refractivity contribution in [3.05, 3.63) is 23.9 Å². The highest BCUT2D eigenvalue weighted by molar-refractivity contribution is 5.94. The van der Waals surface area contributed by atoms with Gasteiger partial charge in [0, 0.05) is 20.3 Å². The molecule has 1 aliphatic rings. The number of aromatic nitrogens is 1. The summed E-state index contributed by atoms with van der Waals surface area (Å²) in [6.45, 7) is 2.22. The monoisotopic (exact) mass is 293 g/mol. The molecular formula is C14H19N3O4. The number of pyridine rings is 1. The van der Waals surface area contributed by atoms with Gasteiger partial charge in [-0.25, -0.2) is 9.78 Å². The fraction of sp³-hybridized carbons (Fsp3) is 0.500. The van der Waals surface area contributed by atoms with Gasteiger partial charge in [-0.3, -0.25) is 4.79 Å². The maximum Gasteiger partial charge on any atom is 0.329 e. The summed E-state index contributed by atoms with van der Waals surface area (Å²) in [5.74, 6) is -0.349. The SMILES string of the molecule is CN(C)c1ccc(C(=O)N2CC(C)(OCC(=O)O)C2)cn1. The number of rotatable bonds is 5. The summed E-state index contributed by atoms with van der Waals surface area (Å²) in [6, 6.07) is 3.52. The Bertz CT molecular complexity index is 536. The number of anilines is 1. The summed E-state index contributed by atoms with van der Waals surface area (Å²) in [4.78, 5) is 30.4. The zero-order valence-electron chi connectivity index (χ0n) is 12.4. The number of aliphatic carboxylic acids is 1. The summed E-state index contributed by atoms with van der Waals surface area (Å²) in [5, 5.41) is 8.60. The number of carboxylic acids is 1. The molecular weight excluding hydrogens is 274 g/mol. The van der Waals surface area contributed by atoms with Crippen molar-refractivity contribution in [1.29, 1.82) is 0 Å². The Morgan fingerprint density at radius 2 is 2.10 bits per heavy atom. The van der Waals surface area contributed by atoms with Gasteiger partial charge in [0.2, 0.25) is 0 Å². The van der Waals surface area contributed by atoms with Crippen LogP contribution in [-0.2, 0) is 9.53 Å². The Morgan fingerprint density at radius 3 is 2.57 bits per heavy atom. The van der Waals surface area contributed by atoms with Gasteiger partial charge < -0.3 is 19.6 Å². The quantitative estimate of drug-likeness (QED) is 0.849.